The molecule has 0 saturated heterocycles. The van der Waals surface area contributed by atoms with E-state index in [0.29, 0.717) is 18.2 Å². The maximum absolute atomic E-state index is 5.55. The maximum Gasteiger partial charge on any atom is 0.237 e. The average molecular weight is 395 g/mol. The number of thioether (sulfide) groups is 1. The van der Waals surface area contributed by atoms with Gasteiger partial charge in [0.1, 0.15) is 5.76 Å². The standard InChI is InChI=1S/C20H21N5O2S/c1-3-7-17-21-18(27-24-17)13-28-20-23-22-19(16-10-5-4-8-14(16)2)25(20)12-15-9-6-11-26-15/h4-6,8-11H,3,7,12-13H2,1-2H3. The van der Waals surface area contributed by atoms with Gasteiger partial charge in [0.05, 0.1) is 18.6 Å². The van der Waals surface area contributed by atoms with E-state index < -0.39 is 0 Å². The van der Waals surface area contributed by atoms with Gasteiger partial charge in [0, 0.05) is 12.0 Å². The molecule has 0 bridgehead atoms. The number of aryl methyl sites for hydroxylation is 2. The van der Waals surface area contributed by atoms with Crippen LogP contribution in [0, 0.1) is 6.92 Å². The van der Waals surface area contributed by atoms with Crippen molar-refractivity contribution in [3.8, 4) is 11.4 Å². The van der Waals surface area contributed by atoms with Gasteiger partial charge in [0.25, 0.3) is 0 Å². The SMILES string of the molecule is CCCc1noc(CSc2nnc(-c3ccccc3C)n2Cc2ccco2)n1. The molecular weight excluding hydrogens is 374 g/mol. The van der Waals surface area contributed by atoms with E-state index in [1.165, 1.54) is 11.8 Å². The fourth-order valence-electron chi connectivity index (χ4n) is 2.92. The van der Waals surface area contributed by atoms with Crippen LogP contribution in [0.4, 0.5) is 0 Å². The molecule has 0 atom stereocenters. The molecule has 0 amide bonds. The molecule has 0 N–H and O–H groups in total. The first-order valence-electron chi connectivity index (χ1n) is 9.20. The van der Waals surface area contributed by atoms with Gasteiger partial charge in [0.15, 0.2) is 16.8 Å². The predicted octanol–water partition coefficient (Wildman–Crippen LogP) is 4.52. The van der Waals surface area contributed by atoms with E-state index in [1.54, 1.807) is 6.26 Å². The molecule has 7 nitrogen and oxygen atoms in total. The lowest BCUT2D eigenvalue weighted by Crippen LogP contribution is -2.04. The van der Waals surface area contributed by atoms with Gasteiger partial charge in [-0.25, -0.2) is 0 Å². The molecule has 4 rings (SSSR count). The van der Waals surface area contributed by atoms with Gasteiger partial charge >= 0.3 is 0 Å². The Morgan fingerprint density at radius 1 is 1.11 bits per heavy atom. The molecule has 3 heterocycles. The molecular formula is C20H21N5O2S. The molecule has 0 saturated carbocycles. The predicted molar refractivity (Wildman–Crippen MR) is 106 cm³/mol. The fraction of sp³-hybridized carbons (Fsp3) is 0.300. The van der Waals surface area contributed by atoms with Crippen LogP contribution in [0.15, 0.2) is 56.8 Å². The molecule has 4 aromatic rings. The summed E-state index contributed by atoms with van der Waals surface area (Å²) in [5, 5.41) is 13.7. The number of furan rings is 1. The molecule has 0 aliphatic heterocycles. The quantitative estimate of drug-likeness (QED) is 0.406. The molecule has 144 valence electrons. The number of hydrogen-bond donors (Lipinski definition) is 0. The van der Waals surface area contributed by atoms with Crippen LogP contribution in [0.25, 0.3) is 11.4 Å². The lowest BCUT2D eigenvalue weighted by atomic mass is 10.1. The van der Waals surface area contributed by atoms with E-state index in [-0.39, 0.29) is 0 Å². The molecule has 0 fully saturated rings. The van der Waals surface area contributed by atoms with E-state index >= 15 is 0 Å². The van der Waals surface area contributed by atoms with Crippen molar-refractivity contribution < 1.29 is 8.94 Å². The van der Waals surface area contributed by atoms with Crippen molar-refractivity contribution >= 4 is 11.8 Å². The third kappa shape index (κ3) is 4.01. The van der Waals surface area contributed by atoms with Crippen LogP contribution in [0.5, 0.6) is 0 Å². The van der Waals surface area contributed by atoms with E-state index in [4.69, 9.17) is 8.94 Å². The smallest absolute Gasteiger partial charge is 0.237 e. The molecule has 3 aromatic heterocycles. The minimum atomic E-state index is 0.542. The monoisotopic (exact) mass is 395 g/mol. The third-order valence-corrected chi connectivity index (χ3v) is 5.26. The van der Waals surface area contributed by atoms with Crippen LogP contribution in [0.2, 0.25) is 0 Å². The van der Waals surface area contributed by atoms with Gasteiger partial charge in [-0.05, 0) is 31.0 Å². The zero-order valence-electron chi connectivity index (χ0n) is 15.8. The highest BCUT2D eigenvalue weighted by Gasteiger charge is 2.18. The minimum Gasteiger partial charge on any atom is -0.467 e. The molecule has 8 heteroatoms. The lowest BCUT2D eigenvalue weighted by Gasteiger charge is -2.10. The molecule has 0 spiro atoms. The number of hydrogen-bond acceptors (Lipinski definition) is 7. The fourth-order valence-corrected chi connectivity index (χ4v) is 3.69. The van der Waals surface area contributed by atoms with Gasteiger partial charge in [-0.2, -0.15) is 4.98 Å². The first-order chi connectivity index (χ1) is 13.7. The van der Waals surface area contributed by atoms with Crippen LogP contribution in [-0.4, -0.2) is 24.9 Å². The third-order valence-electron chi connectivity index (χ3n) is 4.31. The van der Waals surface area contributed by atoms with Gasteiger partial charge in [-0.15, -0.1) is 10.2 Å². The summed E-state index contributed by atoms with van der Waals surface area (Å²) >= 11 is 1.53. The van der Waals surface area contributed by atoms with E-state index in [0.717, 1.165) is 46.5 Å². The highest BCUT2D eigenvalue weighted by molar-refractivity contribution is 7.98. The van der Waals surface area contributed by atoms with Crippen molar-refractivity contribution in [2.45, 2.75) is 44.1 Å². The normalized spacial score (nSPS) is 11.2. The van der Waals surface area contributed by atoms with Gasteiger partial charge in [-0.3, -0.25) is 4.57 Å². The van der Waals surface area contributed by atoms with Gasteiger partial charge in [0.2, 0.25) is 5.89 Å². The first kappa shape index (κ1) is 18.5. The van der Waals surface area contributed by atoms with Crippen LogP contribution in [-0.2, 0) is 18.7 Å². The van der Waals surface area contributed by atoms with Crippen LogP contribution in [0.1, 0.15) is 36.4 Å². The van der Waals surface area contributed by atoms with Crippen LogP contribution >= 0.6 is 11.8 Å². The Morgan fingerprint density at radius 2 is 2.00 bits per heavy atom. The molecule has 0 unspecified atom stereocenters. The topological polar surface area (TPSA) is 82.8 Å². The summed E-state index contributed by atoms with van der Waals surface area (Å²) in [6, 6.07) is 12.0. The van der Waals surface area contributed by atoms with Crippen molar-refractivity contribution in [2.24, 2.45) is 0 Å². The minimum absolute atomic E-state index is 0.542. The molecule has 28 heavy (non-hydrogen) atoms. The van der Waals surface area contributed by atoms with Crippen molar-refractivity contribution in [3.05, 3.63) is 65.7 Å². The second-order valence-corrected chi connectivity index (χ2v) is 7.37. The van der Waals surface area contributed by atoms with Gasteiger partial charge < -0.3 is 8.94 Å². The van der Waals surface area contributed by atoms with Crippen molar-refractivity contribution in [1.29, 1.82) is 0 Å². The number of benzene rings is 1. The van der Waals surface area contributed by atoms with Crippen LogP contribution in [0.3, 0.4) is 0 Å². The zero-order chi connectivity index (χ0) is 19.3. The summed E-state index contributed by atoms with van der Waals surface area (Å²) in [5.41, 5.74) is 2.20. The summed E-state index contributed by atoms with van der Waals surface area (Å²) in [4.78, 5) is 4.42. The number of aromatic nitrogens is 5. The summed E-state index contributed by atoms with van der Waals surface area (Å²) in [7, 11) is 0. The molecule has 0 aliphatic rings. The average Bonchev–Trinajstić information content (AvgIpc) is 3.44. The summed E-state index contributed by atoms with van der Waals surface area (Å²) < 4.78 is 13.0. The summed E-state index contributed by atoms with van der Waals surface area (Å²) in [6.45, 7) is 4.72. The highest BCUT2D eigenvalue weighted by atomic mass is 32.2. The van der Waals surface area contributed by atoms with E-state index in [9.17, 15) is 0 Å². The number of nitrogens with zero attached hydrogens (tertiary/aromatic N) is 5. The Balaban J connectivity index is 1.61. The Kier molecular flexibility index (Phi) is 5.57. The molecule has 0 aliphatic carbocycles. The Hall–Kier alpha value is -2.87. The number of rotatable bonds is 8. The second-order valence-electron chi connectivity index (χ2n) is 6.43. The van der Waals surface area contributed by atoms with Crippen molar-refractivity contribution in [3.63, 3.8) is 0 Å². The highest BCUT2D eigenvalue weighted by Crippen LogP contribution is 2.28. The zero-order valence-corrected chi connectivity index (χ0v) is 16.6. The van der Waals surface area contributed by atoms with Gasteiger partial charge in [-0.1, -0.05) is 48.1 Å². The largest absolute Gasteiger partial charge is 0.467 e. The Bertz CT molecular complexity index is 1040. The van der Waals surface area contributed by atoms with Crippen molar-refractivity contribution in [1.82, 2.24) is 24.9 Å². The Labute approximate surface area is 167 Å². The lowest BCUT2D eigenvalue weighted by molar-refractivity contribution is 0.384. The maximum atomic E-state index is 5.55. The Morgan fingerprint density at radius 3 is 2.79 bits per heavy atom. The molecule has 1 aromatic carbocycles. The van der Waals surface area contributed by atoms with Crippen LogP contribution < -0.4 is 0 Å². The summed E-state index contributed by atoms with van der Waals surface area (Å²) in [5.74, 6) is 3.55. The molecule has 0 radical (unpaired) electrons. The first-order valence-corrected chi connectivity index (χ1v) is 10.2. The second kappa shape index (κ2) is 8.43. The van der Waals surface area contributed by atoms with E-state index in [1.807, 2.05) is 24.3 Å². The summed E-state index contributed by atoms with van der Waals surface area (Å²) in [6.07, 6.45) is 3.48. The van der Waals surface area contributed by atoms with Crippen molar-refractivity contribution in [2.75, 3.05) is 0 Å². The van der Waals surface area contributed by atoms with E-state index in [2.05, 4.69) is 50.9 Å².